The highest BCUT2D eigenvalue weighted by Gasteiger charge is 2.34. The van der Waals surface area contributed by atoms with Crippen LogP contribution >= 0.6 is 0 Å². The van der Waals surface area contributed by atoms with Gasteiger partial charge in [0.05, 0.1) is 20.3 Å². The first-order valence-corrected chi connectivity index (χ1v) is 12.5. The molecule has 0 aliphatic carbocycles. The molecule has 3 amide bonds. The molecule has 0 heterocycles. The zero-order valence-corrected chi connectivity index (χ0v) is 22.9. The van der Waals surface area contributed by atoms with E-state index in [2.05, 4.69) is 0 Å². The number of nitrogens with zero attached hydrogens (tertiary/aromatic N) is 2. The van der Waals surface area contributed by atoms with Crippen LogP contribution in [0.25, 0.3) is 0 Å². The van der Waals surface area contributed by atoms with E-state index in [1.54, 1.807) is 25.3 Å². The van der Waals surface area contributed by atoms with Crippen molar-refractivity contribution in [2.45, 2.75) is 50.9 Å². The van der Waals surface area contributed by atoms with Crippen molar-refractivity contribution in [1.82, 2.24) is 9.80 Å². The Bertz CT molecular complexity index is 1080. The second-order valence-corrected chi connectivity index (χ2v) is 9.98. The molecule has 0 bridgehead atoms. The third kappa shape index (κ3) is 9.64. The molecular formula is C29H40N4O5. The molecule has 0 aliphatic heterocycles. The Morgan fingerprint density at radius 1 is 0.947 bits per heavy atom. The molecule has 2 aromatic rings. The highest BCUT2D eigenvalue weighted by Crippen LogP contribution is 2.16. The summed E-state index contributed by atoms with van der Waals surface area (Å²) in [6.45, 7) is 3.91. The molecule has 38 heavy (non-hydrogen) atoms. The molecule has 206 valence electrons. The Hall–Kier alpha value is -3.69. The average Bonchev–Trinajstić information content (AvgIpc) is 2.88. The van der Waals surface area contributed by atoms with Crippen molar-refractivity contribution in [1.29, 1.82) is 0 Å². The van der Waals surface area contributed by atoms with Gasteiger partial charge >= 0.3 is 0 Å². The van der Waals surface area contributed by atoms with E-state index in [0.29, 0.717) is 12.2 Å². The van der Waals surface area contributed by atoms with Crippen LogP contribution in [0.15, 0.2) is 66.7 Å². The van der Waals surface area contributed by atoms with Gasteiger partial charge in [0, 0.05) is 26.1 Å². The number of likely N-dealkylation sites (N-methyl/N-ethyl adjacent to an activating group) is 2. The third-order valence-corrected chi connectivity index (χ3v) is 6.12. The van der Waals surface area contributed by atoms with Crippen LogP contribution in [0.5, 0.6) is 5.75 Å². The molecule has 2 atom stereocenters. The summed E-state index contributed by atoms with van der Waals surface area (Å²) < 4.78 is 11.0. The molecule has 0 spiro atoms. The SMILES string of the molecule is COc1ccc(C[C@H](C(N)=O)N(C)C(=O)[C@@H](COCc2ccccc2)N(C)C(=O)/C=C/CC(C)(C)N)cc1. The van der Waals surface area contributed by atoms with Crippen molar-refractivity contribution in [2.24, 2.45) is 11.5 Å². The summed E-state index contributed by atoms with van der Waals surface area (Å²) in [6.07, 6.45) is 3.78. The number of carbonyl (C=O) groups excluding carboxylic acids is 3. The minimum Gasteiger partial charge on any atom is -0.497 e. The predicted octanol–water partition coefficient (Wildman–Crippen LogP) is 2.28. The molecule has 0 unspecified atom stereocenters. The minimum absolute atomic E-state index is 0.0649. The normalized spacial score (nSPS) is 13.1. The van der Waals surface area contributed by atoms with Crippen molar-refractivity contribution in [2.75, 3.05) is 27.8 Å². The quantitative estimate of drug-likeness (QED) is 0.365. The lowest BCUT2D eigenvalue weighted by Gasteiger charge is -2.33. The maximum absolute atomic E-state index is 13.7. The van der Waals surface area contributed by atoms with E-state index in [9.17, 15) is 14.4 Å². The van der Waals surface area contributed by atoms with Gasteiger partial charge in [-0.15, -0.1) is 0 Å². The van der Waals surface area contributed by atoms with E-state index >= 15 is 0 Å². The Labute approximate surface area is 225 Å². The van der Waals surface area contributed by atoms with Crippen molar-refractivity contribution in [3.05, 3.63) is 77.9 Å². The van der Waals surface area contributed by atoms with Gasteiger partial charge in [0.2, 0.25) is 17.7 Å². The minimum atomic E-state index is -0.982. The molecule has 9 nitrogen and oxygen atoms in total. The number of ether oxygens (including phenoxy) is 2. The first-order valence-electron chi connectivity index (χ1n) is 12.5. The van der Waals surface area contributed by atoms with Crippen LogP contribution in [-0.2, 0) is 32.1 Å². The Kier molecular flexibility index (Phi) is 11.5. The summed E-state index contributed by atoms with van der Waals surface area (Å²) in [6, 6.07) is 14.8. The molecule has 4 N–H and O–H groups in total. The first kappa shape index (κ1) is 30.5. The van der Waals surface area contributed by atoms with Gasteiger partial charge in [-0.25, -0.2) is 0 Å². The maximum atomic E-state index is 13.7. The number of carbonyl (C=O) groups is 3. The Morgan fingerprint density at radius 3 is 2.13 bits per heavy atom. The van der Waals surface area contributed by atoms with Crippen LogP contribution < -0.4 is 16.2 Å². The maximum Gasteiger partial charge on any atom is 0.248 e. The van der Waals surface area contributed by atoms with E-state index < -0.39 is 29.4 Å². The molecule has 0 saturated heterocycles. The van der Waals surface area contributed by atoms with Crippen molar-refractivity contribution in [3.63, 3.8) is 0 Å². The topological polar surface area (TPSA) is 128 Å². The molecule has 2 aromatic carbocycles. The second-order valence-electron chi connectivity index (χ2n) is 9.98. The van der Waals surface area contributed by atoms with E-state index in [1.807, 2.05) is 56.3 Å². The van der Waals surface area contributed by atoms with Crippen LogP contribution in [-0.4, -0.2) is 73.0 Å². The zero-order chi connectivity index (χ0) is 28.3. The smallest absolute Gasteiger partial charge is 0.248 e. The van der Waals surface area contributed by atoms with Gasteiger partial charge in [-0.1, -0.05) is 48.5 Å². The van der Waals surface area contributed by atoms with Crippen LogP contribution in [0.1, 0.15) is 31.4 Å². The largest absolute Gasteiger partial charge is 0.497 e. The van der Waals surface area contributed by atoms with Crippen LogP contribution in [0, 0.1) is 0 Å². The summed E-state index contributed by atoms with van der Waals surface area (Å²) >= 11 is 0. The fourth-order valence-electron chi connectivity index (χ4n) is 3.75. The van der Waals surface area contributed by atoms with E-state index in [4.69, 9.17) is 20.9 Å². The first-order chi connectivity index (χ1) is 17.9. The average molecular weight is 525 g/mol. The van der Waals surface area contributed by atoms with Gasteiger partial charge in [-0.3, -0.25) is 14.4 Å². The van der Waals surface area contributed by atoms with Crippen LogP contribution in [0.3, 0.4) is 0 Å². The van der Waals surface area contributed by atoms with Crippen LogP contribution in [0.4, 0.5) is 0 Å². The molecular weight excluding hydrogens is 484 g/mol. The number of benzene rings is 2. The zero-order valence-electron chi connectivity index (χ0n) is 22.9. The van der Waals surface area contributed by atoms with Crippen molar-refractivity contribution in [3.8, 4) is 5.75 Å². The van der Waals surface area contributed by atoms with Gasteiger partial charge in [-0.05, 0) is 49.6 Å². The van der Waals surface area contributed by atoms with Gasteiger partial charge in [0.1, 0.15) is 17.8 Å². The van der Waals surface area contributed by atoms with Gasteiger partial charge < -0.3 is 30.7 Å². The molecule has 0 aliphatic rings. The van der Waals surface area contributed by atoms with Crippen molar-refractivity contribution >= 4 is 17.7 Å². The Morgan fingerprint density at radius 2 is 1.58 bits per heavy atom. The summed E-state index contributed by atoms with van der Waals surface area (Å²) in [4.78, 5) is 41.6. The fourth-order valence-corrected chi connectivity index (χ4v) is 3.75. The number of nitrogens with two attached hydrogens (primary N) is 2. The fraction of sp³-hybridized carbons (Fsp3) is 0.414. The molecule has 0 saturated carbocycles. The third-order valence-electron chi connectivity index (χ3n) is 6.12. The highest BCUT2D eigenvalue weighted by atomic mass is 16.5. The summed E-state index contributed by atoms with van der Waals surface area (Å²) in [5, 5.41) is 0. The highest BCUT2D eigenvalue weighted by molar-refractivity contribution is 5.94. The lowest BCUT2D eigenvalue weighted by atomic mass is 10.0. The summed E-state index contributed by atoms with van der Waals surface area (Å²) in [5.41, 5.74) is 13.0. The monoisotopic (exact) mass is 524 g/mol. The molecule has 0 aromatic heterocycles. The van der Waals surface area contributed by atoms with Gasteiger partial charge in [-0.2, -0.15) is 0 Å². The van der Waals surface area contributed by atoms with Gasteiger partial charge in [0.25, 0.3) is 0 Å². The number of methoxy groups -OCH3 is 1. The Balaban J connectivity index is 2.23. The number of hydrogen-bond acceptors (Lipinski definition) is 6. The number of amides is 3. The molecule has 9 heteroatoms. The standard InChI is InChI=1S/C29H40N4O5/c1-29(2,31)17-9-12-26(34)32(3)25(20-38-19-22-10-7-6-8-11-22)28(36)33(4)24(27(30)35)18-21-13-15-23(37-5)16-14-21/h6-16,24-25H,17-20,31H2,1-5H3,(H2,30,35)/b12-9+/t24-,25-/m1/s1. The lowest BCUT2D eigenvalue weighted by Crippen LogP contribution is -2.55. The van der Waals surface area contributed by atoms with Crippen LogP contribution in [0.2, 0.25) is 0 Å². The summed E-state index contributed by atoms with van der Waals surface area (Å²) in [5.74, 6) is -0.816. The van der Waals surface area contributed by atoms with Crippen molar-refractivity contribution < 1.29 is 23.9 Å². The number of rotatable bonds is 14. The number of hydrogen-bond donors (Lipinski definition) is 2. The second kappa shape index (κ2) is 14.3. The van der Waals surface area contributed by atoms with E-state index in [-0.39, 0.29) is 25.5 Å². The van der Waals surface area contributed by atoms with Gasteiger partial charge in [0.15, 0.2) is 0 Å². The summed E-state index contributed by atoms with van der Waals surface area (Å²) in [7, 11) is 4.61. The molecule has 0 radical (unpaired) electrons. The molecule has 2 rings (SSSR count). The lowest BCUT2D eigenvalue weighted by molar-refractivity contribution is -0.148. The number of primary amides is 1. The van der Waals surface area contributed by atoms with E-state index in [0.717, 1.165) is 11.1 Å². The van der Waals surface area contributed by atoms with E-state index in [1.165, 1.54) is 30.0 Å². The predicted molar refractivity (Wildman–Crippen MR) is 147 cm³/mol. The molecule has 0 fully saturated rings.